The van der Waals surface area contributed by atoms with Crippen LogP contribution in [-0.4, -0.2) is 39.1 Å². The lowest BCUT2D eigenvalue weighted by atomic mass is 10.1. The van der Waals surface area contributed by atoms with Gasteiger partial charge in [0.15, 0.2) is 5.69 Å². The van der Waals surface area contributed by atoms with E-state index in [2.05, 4.69) is 5.10 Å². The van der Waals surface area contributed by atoms with Gasteiger partial charge < -0.3 is 10.6 Å². The Morgan fingerprint density at radius 1 is 1.09 bits per heavy atom. The number of para-hydroxylation sites is 1. The molecule has 6 nitrogen and oxygen atoms in total. The smallest absolute Gasteiger partial charge is 0.368 e. The van der Waals surface area contributed by atoms with E-state index in [-0.39, 0.29) is 16.6 Å². The third-order valence-electron chi connectivity index (χ3n) is 5.35. The van der Waals surface area contributed by atoms with Crippen molar-refractivity contribution in [2.24, 2.45) is 5.73 Å². The highest BCUT2D eigenvalue weighted by Gasteiger charge is 2.36. The molecule has 2 heterocycles. The molecule has 4 rings (SSSR count). The van der Waals surface area contributed by atoms with Crippen molar-refractivity contribution in [3.63, 3.8) is 0 Å². The highest BCUT2D eigenvalue weighted by atomic mass is 35.5. The number of amides is 2. The molecule has 166 valence electrons. The summed E-state index contributed by atoms with van der Waals surface area (Å²) in [4.78, 5) is 25.8. The van der Waals surface area contributed by atoms with Gasteiger partial charge in [-0.05, 0) is 43.2 Å². The number of alkyl halides is 3. The number of hydrogen-bond acceptors (Lipinski definition) is 3. The number of primary amides is 1. The lowest BCUT2D eigenvalue weighted by molar-refractivity contribution is -0.141. The molecule has 0 radical (unpaired) electrons. The maximum Gasteiger partial charge on any atom is 0.435 e. The van der Waals surface area contributed by atoms with Gasteiger partial charge in [-0.25, -0.2) is 4.68 Å². The average Bonchev–Trinajstić information content (AvgIpc) is 3.41. The van der Waals surface area contributed by atoms with E-state index in [0.717, 1.165) is 10.7 Å². The zero-order valence-corrected chi connectivity index (χ0v) is 17.4. The predicted octanol–water partition coefficient (Wildman–Crippen LogP) is 4.30. The molecular formula is C22H18ClF3N4O2. The summed E-state index contributed by atoms with van der Waals surface area (Å²) in [6, 6.07) is 12.8. The molecule has 1 fully saturated rings. The van der Waals surface area contributed by atoms with Gasteiger partial charge in [0.25, 0.3) is 5.91 Å². The summed E-state index contributed by atoms with van der Waals surface area (Å²) >= 11 is 6.19. The fourth-order valence-electron chi connectivity index (χ4n) is 3.79. The molecule has 0 aliphatic carbocycles. The molecule has 0 bridgehead atoms. The van der Waals surface area contributed by atoms with E-state index in [4.69, 9.17) is 17.3 Å². The van der Waals surface area contributed by atoms with Crippen LogP contribution >= 0.6 is 11.6 Å². The topological polar surface area (TPSA) is 81.2 Å². The van der Waals surface area contributed by atoms with Crippen molar-refractivity contribution in [1.82, 2.24) is 14.7 Å². The Hall–Kier alpha value is -3.33. The normalized spacial score (nSPS) is 16.4. The third-order valence-corrected chi connectivity index (χ3v) is 5.67. The standard InChI is InChI=1S/C22H18ClF3N4O2/c23-15-4-1-2-5-16(15)30-18(12-19(28-30)22(24,25)26)13-7-9-14(10-8-13)21(32)29-11-3-6-17(29)20(27)31/h1-2,4-5,7-10,12,17H,3,6,11H2,(H2,27,31)/t17-/m0/s1. The first-order valence-corrected chi connectivity index (χ1v) is 10.2. The van der Waals surface area contributed by atoms with E-state index in [1.807, 2.05) is 0 Å². The van der Waals surface area contributed by atoms with Gasteiger partial charge in [0.1, 0.15) is 6.04 Å². The predicted molar refractivity (Wildman–Crippen MR) is 112 cm³/mol. The van der Waals surface area contributed by atoms with E-state index in [9.17, 15) is 22.8 Å². The van der Waals surface area contributed by atoms with Crippen molar-refractivity contribution in [2.45, 2.75) is 25.1 Å². The van der Waals surface area contributed by atoms with Crippen LogP contribution < -0.4 is 5.73 Å². The Morgan fingerprint density at radius 3 is 2.41 bits per heavy atom. The monoisotopic (exact) mass is 462 g/mol. The van der Waals surface area contributed by atoms with Gasteiger partial charge >= 0.3 is 6.18 Å². The van der Waals surface area contributed by atoms with Crippen LogP contribution in [-0.2, 0) is 11.0 Å². The fraction of sp³-hybridized carbons (Fsp3) is 0.227. The third kappa shape index (κ3) is 4.08. The SMILES string of the molecule is NC(=O)[C@@H]1CCCN1C(=O)c1ccc(-c2cc(C(F)(F)F)nn2-c2ccccc2Cl)cc1. The van der Waals surface area contributed by atoms with E-state index in [1.54, 1.807) is 24.3 Å². The van der Waals surface area contributed by atoms with Crippen molar-refractivity contribution in [3.8, 4) is 16.9 Å². The molecule has 10 heteroatoms. The molecule has 0 saturated carbocycles. The molecular weight excluding hydrogens is 445 g/mol. The van der Waals surface area contributed by atoms with Crippen LogP contribution in [0.5, 0.6) is 0 Å². The Labute approximate surface area is 186 Å². The number of benzene rings is 2. The first-order chi connectivity index (χ1) is 15.2. The van der Waals surface area contributed by atoms with Crippen LogP contribution in [0.15, 0.2) is 54.6 Å². The van der Waals surface area contributed by atoms with Gasteiger partial charge in [-0.2, -0.15) is 18.3 Å². The fourth-order valence-corrected chi connectivity index (χ4v) is 4.00. The molecule has 0 spiro atoms. The van der Waals surface area contributed by atoms with Crippen molar-refractivity contribution in [2.75, 3.05) is 6.54 Å². The molecule has 0 unspecified atom stereocenters. The molecule has 32 heavy (non-hydrogen) atoms. The number of rotatable bonds is 4. The Bertz CT molecular complexity index is 1170. The molecule has 1 saturated heterocycles. The van der Waals surface area contributed by atoms with Gasteiger partial charge in [0.05, 0.1) is 16.4 Å². The second-order valence-corrected chi connectivity index (χ2v) is 7.82. The molecule has 2 amide bonds. The molecule has 1 atom stereocenters. The summed E-state index contributed by atoms with van der Waals surface area (Å²) in [7, 11) is 0. The number of hydrogen-bond donors (Lipinski definition) is 1. The van der Waals surface area contributed by atoms with Crippen molar-refractivity contribution in [1.29, 1.82) is 0 Å². The first kappa shape index (κ1) is 21.9. The largest absolute Gasteiger partial charge is 0.435 e. The Kier molecular flexibility index (Phi) is 5.68. The van der Waals surface area contributed by atoms with Crippen LogP contribution in [0.4, 0.5) is 13.2 Å². The number of likely N-dealkylation sites (tertiary alicyclic amines) is 1. The summed E-state index contributed by atoms with van der Waals surface area (Å²) in [6.07, 6.45) is -3.46. The van der Waals surface area contributed by atoms with Crippen LogP contribution in [0.25, 0.3) is 16.9 Å². The van der Waals surface area contributed by atoms with Gasteiger partial charge in [-0.15, -0.1) is 0 Å². The summed E-state index contributed by atoms with van der Waals surface area (Å²) in [6.45, 7) is 0.419. The second-order valence-electron chi connectivity index (χ2n) is 7.41. The van der Waals surface area contributed by atoms with Crippen LogP contribution in [0.3, 0.4) is 0 Å². The van der Waals surface area contributed by atoms with Gasteiger partial charge in [-0.1, -0.05) is 35.9 Å². The quantitative estimate of drug-likeness (QED) is 0.627. The average molecular weight is 463 g/mol. The maximum atomic E-state index is 13.4. The van der Waals surface area contributed by atoms with E-state index in [1.165, 1.54) is 29.2 Å². The minimum absolute atomic E-state index is 0.167. The number of halogens is 4. The summed E-state index contributed by atoms with van der Waals surface area (Å²) in [5.74, 6) is -0.913. The van der Waals surface area contributed by atoms with E-state index in [0.29, 0.717) is 36.2 Å². The van der Waals surface area contributed by atoms with Crippen molar-refractivity contribution < 1.29 is 22.8 Å². The molecule has 3 aromatic rings. The molecule has 2 N–H and O–H groups in total. The summed E-state index contributed by atoms with van der Waals surface area (Å²) in [5, 5.41) is 3.96. The van der Waals surface area contributed by atoms with Gasteiger partial charge in [0.2, 0.25) is 5.91 Å². The molecule has 2 aromatic carbocycles. The molecule has 1 aliphatic heterocycles. The van der Waals surface area contributed by atoms with Gasteiger partial charge in [0, 0.05) is 17.7 Å². The molecule has 1 aromatic heterocycles. The van der Waals surface area contributed by atoms with Crippen LogP contribution in [0.1, 0.15) is 28.9 Å². The van der Waals surface area contributed by atoms with Crippen molar-refractivity contribution in [3.05, 3.63) is 70.9 Å². The number of carbonyl (C=O) groups is 2. The number of nitrogens with two attached hydrogens (primary N) is 1. The van der Waals surface area contributed by atoms with Crippen LogP contribution in [0.2, 0.25) is 5.02 Å². The van der Waals surface area contributed by atoms with Crippen LogP contribution in [0, 0.1) is 0 Å². The lowest BCUT2D eigenvalue weighted by Gasteiger charge is -2.22. The first-order valence-electron chi connectivity index (χ1n) is 9.79. The molecule has 1 aliphatic rings. The highest BCUT2D eigenvalue weighted by molar-refractivity contribution is 6.32. The van der Waals surface area contributed by atoms with E-state index < -0.39 is 23.8 Å². The van der Waals surface area contributed by atoms with Gasteiger partial charge in [-0.3, -0.25) is 9.59 Å². The zero-order chi connectivity index (χ0) is 23.0. The summed E-state index contributed by atoms with van der Waals surface area (Å²) < 4.78 is 41.2. The summed E-state index contributed by atoms with van der Waals surface area (Å²) in [5.41, 5.74) is 5.50. The Morgan fingerprint density at radius 2 is 1.78 bits per heavy atom. The highest BCUT2D eigenvalue weighted by Crippen LogP contribution is 2.34. The maximum absolute atomic E-state index is 13.4. The van der Waals surface area contributed by atoms with Crippen molar-refractivity contribution >= 4 is 23.4 Å². The second kappa shape index (κ2) is 8.31. The lowest BCUT2D eigenvalue weighted by Crippen LogP contribution is -2.43. The van der Waals surface area contributed by atoms with E-state index >= 15 is 0 Å². The number of carbonyl (C=O) groups excluding carboxylic acids is 2. The minimum Gasteiger partial charge on any atom is -0.368 e. The zero-order valence-electron chi connectivity index (χ0n) is 16.6. The Balaban J connectivity index is 1.71. The number of aromatic nitrogens is 2. The number of nitrogens with zero attached hydrogens (tertiary/aromatic N) is 3. The minimum atomic E-state index is -4.64.